The van der Waals surface area contributed by atoms with Gasteiger partial charge < -0.3 is 75.5 Å². The molecule has 18 heteroatoms. The van der Waals surface area contributed by atoms with Gasteiger partial charge in [0.2, 0.25) is 11.5 Å². The van der Waals surface area contributed by atoms with Crippen molar-refractivity contribution in [2.24, 2.45) is 0 Å². The van der Waals surface area contributed by atoms with Crippen molar-refractivity contribution in [3.8, 4) is 62.9 Å². The number of aromatic hydroxyl groups is 9. The molecule has 0 aromatic heterocycles. The second-order valence-corrected chi connectivity index (χ2v) is 9.89. The van der Waals surface area contributed by atoms with Crippen LogP contribution >= 0.6 is 0 Å². The van der Waals surface area contributed by atoms with Crippen LogP contribution < -0.4 is 0 Å². The van der Waals surface area contributed by atoms with Crippen molar-refractivity contribution in [1.82, 2.24) is 0 Å². The molecule has 3 heterocycles. The molecule has 3 aliphatic rings. The summed E-state index contributed by atoms with van der Waals surface area (Å²) in [5.41, 5.74) is -5.22. The van der Waals surface area contributed by atoms with Crippen LogP contribution in [0.1, 0.15) is 42.7 Å². The first-order chi connectivity index (χ1) is 21.1. The van der Waals surface area contributed by atoms with E-state index in [2.05, 4.69) is 0 Å². The maximum absolute atomic E-state index is 13.4. The van der Waals surface area contributed by atoms with Gasteiger partial charge >= 0.3 is 17.9 Å². The third kappa shape index (κ3) is 4.60. The van der Waals surface area contributed by atoms with E-state index in [0.29, 0.717) is 18.2 Å². The summed E-state index contributed by atoms with van der Waals surface area (Å²) in [6, 6.07) is 1.81. The fraction of sp³-hybridized carbons (Fsp3) is 0.222. The summed E-state index contributed by atoms with van der Waals surface area (Å²) in [5, 5.41) is 124. The maximum atomic E-state index is 13.4. The Morgan fingerprint density at radius 3 is 1.91 bits per heavy atom. The zero-order valence-electron chi connectivity index (χ0n) is 22.1. The number of ether oxygens (including phenoxy) is 3. The van der Waals surface area contributed by atoms with E-state index in [0.717, 1.165) is 0 Å². The number of phenolic OH excluding ortho intramolecular Hbond substituents is 9. The highest BCUT2D eigenvalue weighted by Crippen LogP contribution is 2.57. The molecule has 238 valence electrons. The number of phenols is 9. The van der Waals surface area contributed by atoms with Crippen LogP contribution in [0.3, 0.4) is 0 Å². The highest BCUT2D eigenvalue weighted by Gasteiger charge is 2.52. The van der Waals surface area contributed by atoms with Crippen LogP contribution in [0.25, 0.3) is 11.1 Å². The lowest BCUT2D eigenvalue weighted by molar-refractivity contribution is -0.152. The zero-order chi connectivity index (χ0) is 33.2. The van der Waals surface area contributed by atoms with Crippen LogP contribution in [0.4, 0.5) is 0 Å². The lowest BCUT2D eigenvalue weighted by Gasteiger charge is -2.39. The molecule has 3 aliphatic heterocycles. The van der Waals surface area contributed by atoms with Crippen molar-refractivity contribution in [1.29, 1.82) is 0 Å². The molecule has 12 N–H and O–H groups in total. The Bertz CT molecular complexity index is 1760. The van der Waals surface area contributed by atoms with Gasteiger partial charge in [-0.3, -0.25) is 0 Å². The molecule has 0 amide bonds. The molecule has 18 nitrogen and oxygen atoms in total. The molecule has 0 spiro atoms. The second-order valence-electron chi connectivity index (χ2n) is 9.89. The maximum Gasteiger partial charge on any atom is 0.339 e. The Labute approximate surface area is 248 Å². The molecule has 0 fully saturated rings. The van der Waals surface area contributed by atoms with Crippen molar-refractivity contribution in [3.05, 3.63) is 40.5 Å². The van der Waals surface area contributed by atoms with Crippen LogP contribution in [0, 0.1) is 0 Å². The molecule has 0 saturated heterocycles. The first-order valence-corrected chi connectivity index (χ1v) is 12.5. The van der Waals surface area contributed by atoms with Crippen LogP contribution in [-0.4, -0.2) is 110 Å². The largest absolute Gasteiger partial charge is 0.504 e. The molecule has 0 unspecified atom stereocenters. The average Bonchev–Trinajstić information content (AvgIpc) is 3.00. The highest BCUT2D eigenvalue weighted by molar-refractivity contribution is 6.10. The van der Waals surface area contributed by atoms with Gasteiger partial charge in [0.25, 0.3) is 0 Å². The number of carbonyl (C=O) groups excluding carboxylic acids is 3. The zero-order valence-corrected chi connectivity index (χ0v) is 22.1. The number of rotatable bonds is 5. The number of hydrogen-bond donors (Lipinski definition) is 12. The van der Waals surface area contributed by atoms with E-state index in [1.165, 1.54) is 0 Å². The van der Waals surface area contributed by atoms with Crippen molar-refractivity contribution < 1.29 is 89.9 Å². The number of fused-ring (bicyclic) bond motifs is 3. The van der Waals surface area contributed by atoms with Gasteiger partial charge in [-0.1, -0.05) is 0 Å². The summed E-state index contributed by atoms with van der Waals surface area (Å²) in [4.78, 5) is 39.5. The number of hydrogen-bond acceptors (Lipinski definition) is 18. The number of carbonyl (C=O) groups is 3. The molecular weight excluding hydrogens is 612 g/mol. The third-order valence-electron chi connectivity index (χ3n) is 7.27. The van der Waals surface area contributed by atoms with Gasteiger partial charge in [0.05, 0.1) is 23.3 Å². The topological polar surface area (TPSA) is 322 Å². The van der Waals surface area contributed by atoms with Crippen LogP contribution in [-0.2, 0) is 14.2 Å². The first kappa shape index (κ1) is 30.6. The molecule has 3 aromatic rings. The van der Waals surface area contributed by atoms with Crippen molar-refractivity contribution in [2.45, 2.75) is 30.5 Å². The van der Waals surface area contributed by atoms with Gasteiger partial charge in [-0.15, -0.1) is 0 Å². The van der Waals surface area contributed by atoms with Gasteiger partial charge in [0.15, 0.2) is 58.6 Å². The summed E-state index contributed by atoms with van der Waals surface area (Å²) in [6.07, 6.45) is -11.4. The molecule has 0 saturated carbocycles. The lowest BCUT2D eigenvalue weighted by Crippen LogP contribution is -2.54. The molecule has 3 aromatic carbocycles. The minimum absolute atomic E-state index is 0.510. The summed E-state index contributed by atoms with van der Waals surface area (Å²) < 4.78 is 15.5. The predicted molar refractivity (Wildman–Crippen MR) is 139 cm³/mol. The smallest absolute Gasteiger partial charge is 0.339 e. The fourth-order valence-electron chi connectivity index (χ4n) is 5.06. The van der Waals surface area contributed by atoms with Crippen molar-refractivity contribution >= 4 is 17.9 Å². The highest BCUT2D eigenvalue weighted by atomic mass is 16.6. The summed E-state index contributed by atoms with van der Waals surface area (Å²) in [7, 11) is 0. The Morgan fingerprint density at radius 1 is 0.733 bits per heavy atom. The number of benzene rings is 3. The minimum Gasteiger partial charge on any atom is -0.504 e. The van der Waals surface area contributed by atoms with E-state index < -0.39 is 140 Å². The first-order valence-electron chi connectivity index (χ1n) is 12.5. The van der Waals surface area contributed by atoms with Gasteiger partial charge in [-0.25, -0.2) is 14.4 Å². The van der Waals surface area contributed by atoms with Gasteiger partial charge in [0, 0.05) is 16.7 Å². The molecular formula is C27H22O18. The Kier molecular flexibility index (Phi) is 7.28. The lowest BCUT2D eigenvalue weighted by atomic mass is 9.82. The van der Waals surface area contributed by atoms with E-state index >= 15 is 0 Å². The number of aliphatic hydroxyl groups is 3. The monoisotopic (exact) mass is 634 g/mol. The minimum atomic E-state index is -2.43. The summed E-state index contributed by atoms with van der Waals surface area (Å²) in [6.45, 7) is -1.25. The molecule has 6 rings (SSSR count). The summed E-state index contributed by atoms with van der Waals surface area (Å²) >= 11 is 0. The molecule has 4 bridgehead atoms. The fourth-order valence-corrected chi connectivity index (χ4v) is 5.06. The van der Waals surface area contributed by atoms with Gasteiger partial charge in [-0.05, 0) is 18.2 Å². The normalized spacial score (nSPS) is 20.0. The second kappa shape index (κ2) is 10.7. The van der Waals surface area contributed by atoms with E-state index in [-0.39, 0.29) is 0 Å². The average molecular weight is 634 g/mol. The quantitative estimate of drug-likeness (QED) is 0.0946. The molecule has 0 aliphatic carbocycles. The summed E-state index contributed by atoms with van der Waals surface area (Å²) in [5.74, 6) is -15.2. The Balaban J connectivity index is 1.67. The van der Waals surface area contributed by atoms with Crippen LogP contribution in [0.2, 0.25) is 0 Å². The van der Waals surface area contributed by atoms with Gasteiger partial charge in [0.1, 0.15) is 12.2 Å². The Morgan fingerprint density at radius 2 is 1.31 bits per heavy atom. The molecule has 5 atom stereocenters. The van der Waals surface area contributed by atoms with E-state index in [1.807, 2.05) is 0 Å². The van der Waals surface area contributed by atoms with Crippen molar-refractivity contribution in [2.75, 3.05) is 6.61 Å². The van der Waals surface area contributed by atoms with Gasteiger partial charge in [-0.2, -0.15) is 0 Å². The van der Waals surface area contributed by atoms with E-state index in [9.17, 15) is 75.7 Å². The van der Waals surface area contributed by atoms with Crippen LogP contribution in [0.15, 0.2) is 18.2 Å². The predicted octanol–water partition coefficient (Wildman–Crippen LogP) is -0.606. The van der Waals surface area contributed by atoms with E-state index in [4.69, 9.17) is 14.2 Å². The molecule has 45 heavy (non-hydrogen) atoms. The van der Waals surface area contributed by atoms with Crippen molar-refractivity contribution in [3.63, 3.8) is 0 Å². The standard InChI is InChI=1S/C27H22O18/c28-4-10(43-25(40)5-1-7(29)15(32)8(30)2-5)17(34)23-24-21(38)14-13(27(42)45-24)12(19(36)22(39)20(14)37)11-6(26(41)44-23)3-9(31)16(33)18(11)35/h1-3,10,17,21,23-24,28-39H,4H2/t10-,17+,21+,23+,24-/m0/s1. The SMILES string of the molecule is O=C(O[C@@H](CO)[C@@H](O)[C@H]1OC(=O)c2cc(O)c(O)c(O)c2-c2c(O)c(O)c(O)c3c2C(=O)O[C@H]1[C@@H]3O)c1cc(O)c(O)c(O)c1. The Hall–Kier alpha value is -5.85. The molecule has 0 radical (unpaired) electrons. The van der Waals surface area contributed by atoms with E-state index in [1.54, 1.807) is 0 Å². The number of esters is 3. The van der Waals surface area contributed by atoms with Crippen LogP contribution in [0.5, 0.6) is 51.7 Å². The third-order valence-corrected chi connectivity index (χ3v) is 7.27. The number of aliphatic hydroxyl groups excluding tert-OH is 3.